The summed E-state index contributed by atoms with van der Waals surface area (Å²) in [5, 5.41) is 7.53. The van der Waals surface area contributed by atoms with Crippen LogP contribution in [-0.2, 0) is 0 Å². The Bertz CT molecular complexity index is 925. The van der Waals surface area contributed by atoms with Crippen LogP contribution in [0.3, 0.4) is 0 Å². The average Bonchev–Trinajstić information content (AvgIpc) is 2.73. The van der Waals surface area contributed by atoms with Crippen molar-refractivity contribution in [2.24, 2.45) is 0 Å². The molecule has 1 N–H and O–H groups in total. The summed E-state index contributed by atoms with van der Waals surface area (Å²) in [5.41, 5.74) is 6.28. The van der Waals surface area contributed by atoms with E-state index in [9.17, 15) is 0 Å². The van der Waals surface area contributed by atoms with Crippen molar-refractivity contribution in [1.29, 1.82) is 5.41 Å². The van der Waals surface area contributed by atoms with Gasteiger partial charge in [-0.2, -0.15) is 0 Å². The number of hydrogen-bond acceptors (Lipinski definition) is 2. The molecule has 0 radical (unpaired) electrons. The van der Waals surface area contributed by atoms with Crippen molar-refractivity contribution in [3.63, 3.8) is 0 Å². The molecule has 3 aromatic carbocycles. The minimum absolute atomic E-state index is 0.194. The van der Waals surface area contributed by atoms with Crippen molar-refractivity contribution in [3.05, 3.63) is 102 Å². The van der Waals surface area contributed by atoms with Gasteiger partial charge in [0.2, 0.25) is 0 Å². The first-order valence-electron chi connectivity index (χ1n) is 9.86. The highest BCUT2D eigenvalue weighted by molar-refractivity contribution is 5.98. The molecule has 0 heterocycles. The van der Waals surface area contributed by atoms with Crippen molar-refractivity contribution in [3.8, 4) is 5.75 Å². The SMILES string of the molecule is CCCC/C(=C(\c1ccccc1)c1ccc(OC(C)=N)cc1)c1ccccc1. The van der Waals surface area contributed by atoms with Gasteiger partial charge < -0.3 is 4.74 Å². The summed E-state index contributed by atoms with van der Waals surface area (Å²) in [4.78, 5) is 0. The molecule has 0 aromatic heterocycles. The summed E-state index contributed by atoms with van der Waals surface area (Å²) in [6, 6.07) is 29.3. The number of unbranched alkanes of at least 4 members (excludes halogenated alkanes) is 1. The first kappa shape index (κ1) is 19.6. The van der Waals surface area contributed by atoms with E-state index >= 15 is 0 Å². The normalized spacial score (nSPS) is 11.6. The Balaban J connectivity index is 2.17. The Morgan fingerprint density at radius 3 is 1.82 bits per heavy atom. The second kappa shape index (κ2) is 9.70. The summed E-state index contributed by atoms with van der Waals surface area (Å²) < 4.78 is 5.43. The average molecular weight is 370 g/mol. The molecule has 3 rings (SSSR count). The van der Waals surface area contributed by atoms with Gasteiger partial charge in [0, 0.05) is 6.92 Å². The van der Waals surface area contributed by atoms with Crippen LogP contribution in [-0.4, -0.2) is 5.90 Å². The quantitative estimate of drug-likeness (QED) is 0.266. The summed E-state index contributed by atoms with van der Waals surface area (Å²) in [7, 11) is 0. The van der Waals surface area contributed by atoms with Gasteiger partial charge >= 0.3 is 0 Å². The highest BCUT2D eigenvalue weighted by Crippen LogP contribution is 2.36. The lowest BCUT2D eigenvalue weighted by atomic mass is 9.87. The van der Waals surface area contributed by atoms with Crippen molar-refractivity contribution >= 4 is 17.0 Å². The molecule has 28 heavy (non-hydrogen) atoms. The van der Waals surface area contributed by atoms with Crippen LogP contribution in [0.1, 0.15) is 49.8 Å². The van der Waals surface area contributed by atoms with E-state index in [1.807, 2.05) is 12.1 Å². The fourth-order valence-electron chi connectivity index (χ4n) is 3.39. The fraction of sp³-hybridized carbons (Fsp3) is 0.192. The molecule has 0 fully saturated rings. The van der Waals surface area contributed by atoms with E-state index in [4.69, 9.17) is 10.1 Å². The van der Waals surface area contributed by atoms with Gasteiger partial charge in [-0.1, -0.05) is 86.1 Å². The Hall–Kier alpha value is -3.13. The molecule has 2 heteroatoms. The second-order valence-electron chi connectivity index (χ2n) is 6.87. The highest BCUT2D eigenvalue weighted by atomic mass is 16.5. The van der Waals surface area contributed by atoms with Gasteiger partial charge in [-0.3, -0.25) is 5.41 Å². The largest absolute Gasteiger partial charge is 0.444 e. The third-order valence-electron chi connectivity index (χ3n) is 4.68. The number of benzene rings is 3. The lowest BCUT2D eigenvalue weighted by Crippen LogP contribution is -2.00. The molecule has 142 valence electrons. The number of hydrogen-bond donors (Lipinski definition) is 1. The molecule has 0 aliphatic carbocycles. The summed E-state index contributed by atoms with van der Waals surface area (Å²) in [6.45, 7) is 3.87. The number of allylic oxidation sites excluding steroid dienone is 1. The zero-order valence-corrected chi connectivity index (χ0v) is 16.6. The van der Waals surface area contributed by atoms with E-state index in [-0.39, 0.29) is 5.90 Å². The van der Waals surface area contributed by atoms with E-state index in [0.29, 0.717) is 5.75 Å². The van der Waals surface area contributed by atoms with Crippen molar-refractivity contribution in [2.75, 3.05) is 0 Å². The second-order valence-corrected chi connectivity index (χ2v) is 6.87. The maximum Gasteiger partial charge on any atom is 0.184 e. The monoisotopic (exact) mass is 369 g/mol. The van der Waals surface area contributed by atoms with Crippen molar-refractivity contribution in [2.45, 2.75) is 33.1 Å². The van der Waals surface area contributed by atoms with E-state index in [1.54, 1.807) is 6.92 Å². The van der Waals surface area contributed by atoms with Crippen LogP contribution >= 0.6 is 0 Å². The van der Waals surface area contributed by atoms with Gasteiger partial charge in [-0.05, 0) is 52.8 Å². The van der Waals surface area contributed by atoms with E-state index in [1.165, 1.54) is 22.3 Å². The first-order chi connectivity index (χ1) is 13.7. The molecule has 0 spiro atoms. The van der Waals surface area contributed by atoms with Gasteiger partial charge in [0.05, 0.1) is 0 Å². The number of ether oxygens (including phenoxy) is 1. The zero-order chi connectivity index (χ0) is 19.8. The Kier molecular flexibility index (Phi) is 6.80. The maximum absolute atomic E-state index is 7.53. The summed E-state index contributed by atoms with van der Waals surface area (Å²) in [6.07, 6.45) is 3.33. The smallest absolute Gasteiger partial charge is 0.184 e. The van der Waals surface area contributed by atoms with Gasteiger partial charge in [-0.25, -0.2) is 0 Å². The maximum atomic E-state index is 7.53. The van der Waals surface area contributed by atoms with Crippen LogP contribution in [0.4, 0.5) is 0 Å². The molecule has 0 saturated carbocycles. The number of nitrogens with one attached hydrogen (secondary N) is 1. The van der Waals surface area contributed by atoms with E-state index in [0.717, 1.165) is 24.8 Å². The number of rotatable bonds is 7. The van der Waals surface area contributed by atoms with E-state index in [2.05, 4.69) is 79.7 Å². The molecule has 3 aromatic rings. The molecule has 0 amide bonds. The van der Waals surface area contributed by atoms with Crippen molar-refractivity contribution in [1.82, 2.24) is 0 Å². The molecule has 0 unspecified atom stereocenters. The van der Waals surface area contributed by atoms with Crippen molar-refractivity contribution < 1.29 is 4.74 Å². The van der Waals surface area contributed by atoms with Crippen LogP contribution in [0.25, 0.3) is 11.1 Å². The summed E-state index contributed by atoms with van der Waals surface area (Å²) >= 11 is 0. The van der Waals surface area contributed by atoms with Crippen LogP contribution in [0.2, 0.25) is 0 Å². The Labute approximate surface area is 168 Å². The van der Waals surface area contributed by atoms with Gasteiger partial charge in [0.15, 0.2) is 5.90 Å². The molecule has 0 bridgehead atoms. The van der Waals surface area contributed by atoms with Gasteiger partial charge in [0.25, 0.3) is 0 Å². The molecule has 2 nitrogen and oxygen atoms in total. The fourth-order valence-corrected chi connectivity index (χ4v) is 3.39. The molecule has 0 atom stereocenters. The lowest BCUT2D eigenvalue weighted by molar-refractivity contribution is 0.541. The van der Waals surface area contributed by atoms with Crippen LogP contribution in [0, 0.1) is 5.41 Å². The molecular formula is C26H27NO. The highest BCUT2D eigenvalue weighted by Gasteiger charge is 2.14. The third-order valence-corrected chi connectivity index (χ3v) is 4.68. The predicted molar refractivity (Wildman–Crippen MR) is 119 cm³/mol. The minimum Gasteiger partial charge on any atom is -0.444 e. The molecule has 0 aliphatic heterocycles. The Morgan fingerprint density at radius 2 is 1.29 bits per heavy atom. The topological polar surface area (TPSA) is 33.1 Å². The van der Waals surface area contributed by atoms with Gasteiger partial charge in [-0.15, -0.1) is 0 Å². The summed E-state index contributed by atoms with van der Waals surface area (Å²) in [5.74, 6) is 0.887. The minimum atomic E-state index is 0.194. The molecular weight excluding hydrogens is 342 g/mol. The molecule has 0 aliphatic rings. The lowest BCUT2D eigenvalue weighted by Gasteiger charge is -2.18. The molecule has 0 saturated heterocycles. The first-order valence-corrected chi connectivity index (χ1v) is 9.86. The van der Waals surface area contributed by atoms with Crippen LogP contribution < -0.4 is 4.74 Å². The zero-order valence-electron chi connectivity index (χ0n) is 16.6. The van der Waals surface area contributed by atoms with Crippen LogP contribution in [0.5, 0.6) is 5.75 Å². The predicted octanol–water partition coefficient (Wildman–Crippen LogP) is 7.21. The third kappa shape index (κ3) is 4.98. The van der Waals surface area contributed by atoms with Gasteiger partial charge in [0.1, 0.15) is 5.75 Å². The van der Waals surface area contributed by atoms with E-state index < -0.39 is 0 Å². The van der Waals surface area contributed by atoms with Crippen LogP contribution in [0.15, 0.2) is 84.9 Å². The standard InChI is InChI=1S/C26H27NO/c1-3-4-15-25(21-11-7-5-8-12-21)26(22-13-9-6-10-14-22)23-16-18-24(19-17-23)28-20(2)27/h5-14,16-19,27H,3-4,15H2,1-2H3/b26-25-,27-20?. The Morgan fingerprint density at radius 1 is 0.750 bits per heavy atom.